The average molecular weight is 390 g/mol. The van der Waals surface area contributed by atoms with Gasteiger partial charge in [0.2, 0.25) is 5.91 Å². The minimum atomic E-state index is -0.312. The molecule has 1 amide bonds. The first kappa shape index (κ1) is 20.5. The molecule has 0 spiro atoms. The van der Waals surface area contributed by atoms with Gasteiger partial charge in [-0.1, -0.05) is 50.2 Å². The number of aryl methyl sites for hydroxylation is 1. The monoisotopic (exact) mass is 390 g/mol. The third-order valence-electron chi connectivity index (χ3n) is 4.71. The Hall–Kier alpha value is -3.28. The first-order valence-corrected chi connectivity index (χ1v) is 9.79. The Bertz CT molecular complexity index is 1010. The summed E-state index contributed by atoms with van der Waals surface area (Å²) < 4.78 is 0. The Morgan fingerprint density at radius 1 is 1.10 bits per heavy atom. The molecule has 0 bridgehead atoms. The molecule has 2 aromatic heterocycles. The van der Waals surface area contributed by atoms with Gasteiger partial charge in [-0.05, 0) is 37.0 Å². The first-order chi connectivity index (χ1) is 13.9. The smallest absolute Gasteiger partial charge is 0.255 e. The summed E-state index contributed by atoms with van der Waals surface area (Å²) in [6.07, 6.45) is 2.45. The lowest BCUT2D eigenvalue weighted by molar-refractivity contribution is -0.121. The van der Waals surface area contributed by atoms with Crippen LogP contribution in [-0.2, 0) is 11.2 Å². The molecule has 150 valence electrons. The zero-order chi connectivity index (χ0) is 20.8. The van der Waals surface area contributed by atoms with E-state index in [2.05, 4.69) is 34.1 Å². The van der Waals surface area contributed by atoms with E-state index in [1.54, 1.807) is 25.3 Å². The zero-order valence-corrected chi connectivity index (χ0v) is 17.0. The molecule has 2 N–H and O–H groups in total. The molecule has 6 heteroatoms. The molecule has 0 aliphatic rings. The van der Waals surface area contributed by atoms with Gasteiger partial charge in [0.05, 0.1) is 12.5 Å². The minimum Gasteiger partial charge on any atom is -0.349 e. The molecule has 0 aliphatic carbocycles. The van der Waals surface area contributed by atoms with Crippen LogP contribution < -0.4 is 10.9 Å². The maximum absolute atomic E-state index is 12.7. The highest BCUT2D eigenvalue weighted by Gasteiger charge is 2.19. The normalized spacial score (nSPS) is 12.0. The van der Waals surface area contributed by atoms with Crippen LogP contribution in [0, 0.1) is 12.8 Å². The second kappa shape index (κ2) is 9.28. The van der Waals surface area contributed by atoms with Crippen LogP contribution in [0.5, 0.6) is 0 Å². The second-order valence-corrected chi connectivity index (χ2v) is 7.53. The number of carbonyl (C=O) groups excluding carboxylic acids is 1. The van der Waals surface area contributed by atoms with Crippen LogP contribution >= 0.6 is 0 Å². The molecule has 1 aromatic carbocycles. The van der Waals surface area contributed by atoms with Crippen molar-refractivity contribution < 1.29 is 4.79 Å². The summed E-state index contributed by atoms with van der Waals surface area (Å²) in [6.45, 7) is 5.99. The topological polar surface area (TPSA) is 87.7 Å². The summed E-state index contributed by atoms with van der Waals surface area (Å²) in [5, 5.41) is 3.08. The molecule has 2 heterocycles. The molecule has 29 heavy (non-hydrogen) atoms. The van der Waals surface area contributed by atoms with E-state index >= 15 is 0 Å². The number of H-pyrrole nitrogens is 1. The molecule has 0 saturated heterocycles. The van der Waals surface area contributed by atoms with Crippen molar-refractivity contribution in [2.45, 2.75) is 39.7 Å². The van der Waals surface area contributed by atoms with Gasteiger partial charge in [-0.25, -0.2) is 4.98 Å². The number of hydrogen-bond donors (Lipinski definition) is 2. The van der Waals surface area contributed by atoms with Crippen LogP contribution in [0.25, 0.3) is 11.5 Å². The summed E-state index contributed by atoms with van der Waals surface area (Å²) in [4.78, 5) is 36.7. The van der Waals surface area contributed by atoms with E-state index in [0.717, 1.165) is 12.0 Å². The zero-order valence-electron chi connectivity index (χ0n) is 17.0. The highest BCUT2D eigenvalue weighted by Crippen LogP contribution is 2.21. The Morgan fingerprint density at radius 2 is 1.83 bits per heavy atom. The summed E-state index contributed by atoms with van der Waals surface area (Å²) in [6, 6.07) is 15.2. The van der Waals surface area contributed by atoms with Crippen molar-refractivity contribution in [2.75, 3.05) is 0 Å². The number of aromatic amines is 1. The lowest BCUT2D eigenvalue weighted by atomic mass is 9.96. The second-order valence-electron chi connectivity index (χ2n) is 7.53. The highest BCUT2D eigenvalue weighted by atomic mass is 16.2. The maximum atomic E-state index is 12.7. The number of benzene rings is 1. The van der Waals surface area contributed by atoms with Gasteiger partial charge in [0.1, 0.15) is 5.69 Å². The van der Waals surface area contributed by atoms with E-state index in [9.17, 15) is 9.59 Å². The number of hydrogen-bond acceptors (Lipinski definition) is 4. The fourth-order valence-electron chi connectivity index (χ4n) is 3.28. The van der Waals surface area contributed by atoms with Gasteiger partial charge in [0.15, 0.2) is 5.82 Å². The van der Waals surface area contributed by atoms with E-state index in [4.69, 9.17) is 0 Å². The Balaban J connectivity index is 1.78. The predicted molar refractivity (Wildman–Crippen MR) is 113 cm³/mol. The van der Waals surface area contributed by atoms with Gasteiger partial charge in [-0.2, -0.15) is 0 Å². The van der Waals surface area contributed by atoms with E-state index in [0.29, 0.717) is 28.7 Å². The van der Waals surface area contributed by atoms with Gasteiger partial charge >= 0.3 is 0 Å². The summed E-state index contributed by atoms with van der Waals surface area (Å²) in [5.74, 6) is 0.629. The van der Waals surface area contributed by atoms with Crippen LogP contribution in [0.1, 0.15) is 43.1 Å². The van der Waals surface area contributed by atoms with Crippen molar-refractivity contribution in [2.24, 2.45) is 5.92 Å². The lowest BCUT2D eigenvalue weighted by Crippen LogP contribution is -2.33. The molecule has 0 radical (unpaired) electrons. The number of rotatable bonds is 7. The molecule has 0 aliphatic heterocycles. The van der Waals surface area contributed by atoms with Gasteiger partial charge in [-0.15, -0.1) is 0 Å². The maximum Gasteiger partial charge on any atom is 0.255 e. The number of nitrogens with one attached hydrogen (secondary N) is 2. The van der Waals surface area contributed by atoms with Crippen LogP contribution in [0.2, 0.25) is 0 Å². The number of nitrogens with zero attached hydrogens (tertiary/aromatic N) is 2. The SMILES string of the molecule is Cc1nc(-c2ccccn2)[nH]c(=O)c1CC(=O)NC(CC(C)C)c1ccccc1. The largest absolute Gasteiger partial charge is 0.349 e. The van der Waals surface area contributed by atoms with Crippen molar-refractivity contribution in [1.29, 1.82) is 0 Å². The highest BCUT2D eigenvalue weighted by molar-refractivity contribution is 5.79. The molecule has 0 saturated carbocycles. The molecule has 1 unspecified atom stereocenters. The summed E-state index contributed by atoms with van der Waals surface area (Å²) in [7, 11) is 0. The minimum absolute atomic E-state index is 0.0158. The van der Waals surface area contributed by atoms with E-state index in [1.165, 1.54) is 0 Å². The molecule has 6 nitrogen and oxygen atoms in total. The number of aromatic nitrogens is 3. The van der Waals surface area contributed by atoms with E-state index in [-0.39, 0.29) is 23.9 Å². The Kier molecular flexibility index (Phi) is 6.54. The molecular weight excluding hydrogens is 364 g/mol. The third kappa shape index (κ3) is 5.38. The van der Waals surface area contributed by atoms with Gasteiger partial charge in [0.25, 0.3) is 5.56 Å². The van der Waals surface area contributed by atoms with Crippen molar-refractivity contribution in [1.82, 2.24) is 20.3 Å². The van der Waals surface area contributed by atoms with Crippen LogP contribution in [0.4, 0.5) is 0 Å². The predicted octanol–water partition coefficient (Wildman–Crippen LogP) is 3.59. The van der Waals surface area contributed by atoms with Crippen LogP contribution in [0.15, 0.2) is 59.5 Å². The van der Waals surface area contributed by atoms with Crippen molar-refractivity contribution in [3.63, 3.8) is 0 Å². The standard InChI is InChI=1S/C23H26N4O2/c1-15(2)13-20(17-9-5-4-6-10-17)26-21(28)14-18-16(3)25-22(27-23(18)29)19-11-7-8-12-24-19/h4-12,15,20H,13-14H2,1-3H3,(H,26,28)(H,25,27,29). The molecule has 3 aromatic rings. The summed E-state index contributed by atoms with van der Waals surface area (Å²) >= 11 is 0. The Morgan fingerprint density at radius 3 is 2.45 bits per heavy atom. The van der Waals surface area contributed by atoms with E-state index < -0.39 is 0 Å². The quantitative estimate of drug-likeness (QED) is 0.645. The van der Waals surface area contributed by atoms with Gasteiger partial charge in [0, 0.05) is 17.5 Å². The fraction of sp³-hybridized carbons (Fsp3) is 0.304. The molecule has 3 rings (SSSR count). The lowest BCUT2D eigenvalue weighted by Gasteiger charge is -2.21. The van der Waals surface area contributed by atoms with Crippen molar-refractivity contribution in [3.8, 4) is 11.5 Å². The first-order valence-electron chi connectivity index (χ1n) is 9.79. The number of amides is 1. The molecule has 1 atom stereocenters. The van der Waals surface area contributed by atoms with Gasteiger partial charge in [-0.3, -0.25) is 14.6 Å². The Labute approximate surface area is 170 Å². The fourth-order valence-corrected chi connectivity index (χ4v) is 3.28. The molecular formula is C23H26N4O2. The van der Waals surface area contributed by atoms with Crippen molar-refractivity contribution >= 4 is 5.91 Å². The van der Waals surface area contributed by atoms with Crippen LogP contribution in [-0.4, -0.2) is 20.9 Å². The van der Waals surface area contributed by atoms with Crippen LogP contribution in [0.3, 0.4) is 0 Å². The van der Waals surface area contributed by atoms with E-state index in [1.807, 2.05) is 36.4 Å². The summed E-state index contributed by atoms with van der Waals surface area (Å²) in [5.41, 5.74) is 2.24. The molecule has 0 fully saturated rings. The van der Waals surface area contributed by atoms with Gasteiger partial charge < -0.3 is 10.3 Å². The third-order valence-corrected chi connectivity index (χ3v) is 4.71. The number of pyridine rings is 1. The van der Waals surface area contributed by atoms with Crippen molar-refractivity contribution in [3.05, 3.63) is 81.9 Å². The average Bonchev–Trinajstić information content (AvgIpc) is 2.71. The number of carbonyl (C=O) groups is 1.